The monoisotopic (exact) mass is 964 g/mol. The Morgan fingerprint density at radius 2 is 1.82 bits per heavy atom. The number of benzene rings is 3. The van der Waals surface area contributed by atoms with E-state index in [2.05, 4.69) is 65.7 Å². The van der Waals surface area contributed by atoms with Gasteiger partial charge in [-0.25, -0.2) is 9.80 Å². The topological polar surface area (TPSA) is 179 Å². The number of amides is 2. The molecule has 15 heteroatoms. The molecule has 3 unspecified atom stereocenters. The van der Waals surface area contributed by atoms with Gasteiger partial charge in [0.2, 0.25) is 5.91 Å². The van der Waals surface area contributed by atoms with Crippen molar-refractivity contribution in [3.63, 3.8) is 0 Å². The van der Waals surface area contributed by atoms with Crippen molar-refractivity contribution in [2.75, 3.05) is 54.6 Å². The average molecular weight is 966 g/mol. The standard InChI is InChI=1S/C53H65ClN6O7S/c1-34(2)57-25-21-43(58-42-10-7-9-39(30-42)35(3)50(54)51(67-28-27-62)36(4)53(65)66)33-68-32-37-14-15-41-31-56-24-19-38(18-22-55-23-20-40(41)29-37)44-16-17-47-49-45(44)11-8-12-46(49)52(64)60(47)59-48(63)13-5-6-26-61/h7-12,14-17,26-27,30-31,34,38,40,43,55,57-58H,5-6,13,18-25,28-29,32-33H2,1-4H3,(H,59,63)(H,65,66)/b50-35-,51-36-,56-31?. The molecule has 3 aromatic rings. The van der Waals surface area contributed by atoms with Crippen molar-refractivity contribution in [2.45, 2.75) is 97.1 Å². The summed E-state index contributed by atoms with van der Waals surface area (Å²) >= 11 is 8.64. The molecule has 0 bridgehead atoms. The molecular weight excluding hydrogens is 900 g/mol. The molecule has 1 aliphatic carbocycles. The molecule has 3 aromatic carbocycles. The summed E-state index contributed by atoms with van der Waals surface area (Å²) in [7, 11) is 0. The fourth-order valence-electron chi connectivity index (χ4n) is 8.91. The summed E-state index contributed by atoms with van der Waals surface area (Å²) in [5.41, 5.74) is 10.2. The number of nitrogens with zero attached hydrogens (tertiary/aromatic N) is 2. The van der Waals surface area contributed by atoms with Crippen molar-refractivity contribution in [1.82, 2.24) is 16.1 Å². The molecular formula is C53H65ClN6O7S. The lowest BCUT2D eigenvalue weighted by molar-refractivity contribution is -0.133. The van der Waals surface area contributed by atoms with Crippen LogP contribution >= 0.6 is 23.4 Å². The highest BCUT2D eigenvalue weighted by atomic mass is 35.5. The van der Waals surface area contributed by atoms with E-state index in [1.807, 2.05) is 61.2 Å². The maximum atomic E-state index is 13.5. The molecule has 362 valence electrons. The smallest absolute Gasteiger partial charge is 0.335 e. The normalized spacial score (nSPS) is 18.6. The van der Waals surface area contributed by atoms with Crippen LogP contribution < -0.4 is 26.4 Å². The number of hydrazine groups is 1. The van der Waals surface area contributed by atoms with Crippen LogP contribution in [0.5, 0.6) is 0 Å². The van der Waals surface area contributed by atoms with Gasteiger partial charge >= 0.3 is 5.97 Å². The predicted octanol–water partition coefficient (Wildman–Crippen LogP) is 9.15. The minimum atomic E-state index is -1.18. The Labute approximate surface area is 409 Å². The molecule has 0 radical (unpaired) electrons. The lowest BCUT2D eigenvalue weighted by Crippen LogP contribution is -2.44. The average Bonchev–Trinajstić information content (AvgIpc) is 3.59. The second-order valence-electron chi connectivity index (χ2n) is 17.9. The van der Waals surface area contributed by atoms with E-state index in [4.69, 9.17) is 21.3 Å². The van der Waals surface area contributed by atoms with Gasteiger partial charge in [-0.15, -0.1) is 0 Å². The van der Waals surface area contributed by atoms with Crippen molar-refractivity contribution < 1.29 is 33.8 Å². The van der Waals surface area contributed by atoms with Crippen LogP contribution in [-0.2, 0) is 23.9 Å². The molecule has 68 heavy (non-hydrogen) atoms. The van der Waals surface area contributed by atoms with Crippen LogP contribution in [0.1, 0.15) is 106 Å². The number of thioether (sulfide) groups is 1. The van der Waals surface area contributed by atoms with Crippen molar-refractivity contribution in [1.29, 1.82) is 0 Å². The zero-order valence-electron chi connectivity index (χ0n) is 39.6. The third kappa shape index (κ3) is 13.8. The molecule has 0 spiro atoms. The Morgan fingerprint density at radius 3 is 2.59 bits per heavy atom. The number of anilines is 2. The second-order valence-corrected chi connectivity index (χ2v) is 19.3. The number of ether oxygens (including phenoxy) is 1. The first-order valence-corrected chi connectivity index (χ1v) is 25.2. The first-order valence-electron chi connectivity index (χ1n) is 23.7. The van der Waals surface area contributed by atoms with Crippen molar-refractivity contribution in [3.05, 3.63) is 111 Å². The van der Waals surface area contributed by atoms with E-state index < -0.39 is 5.97 Å². The lowest BCUT2D eigenvalue weighted by Gasteiger charge is -2.26. The van der Waals surface area contributed by atoms with Crippen LogP contribution in [0.3, 0.4) is 0 Å². The molecule has 0 saturated heterocycles. The van der Waals surface area contributed by atoms with Crippen LogP contribution in [0.4, 0.5) is 11.4 Å². The van der Waals surface area contributed by atoms with Gasteiger partial charge < -0.3 is 30.6 Å². The van der Waals surface area contributed by atoms with E-state index in [-0.39, 0.29) is 53.2 Å². The Kier molecular flexibility index (Phi) is 19.6. The molecule has 3 atom stereocenters. The molecule has 3 aliphatic rings. The number of hydrogen-bond acceptors (Lipinski definition) is 11. The number of carboxylic acid groups (broad SMARTS) is 1. The van der Waals surface area contributed by atoms with E-state index in [0.29, 0.717) is 54.5 Å². The fraction of sp³-hybridized carbons (Fsp3) is 0.434. The lowest BCUT2D eigenvalue weighted by atomic mass is 9.85. The number of unbranched alkanes of at least 4 members (excludes halogenated alkanes) is 1. The largest absolute Gasteiger partial charge is 0.484 e. The van der Waals surface area contributed by atoms with Gasteiger partial charge in [0.05, 0.1) is 21.9 Å². The Hall–Kier alpha value is -5.54. The quantitative estimate of drug-likeness (QED) is 0.0213. The van der Waals surface area contributed by atoms with Gasteiger partial charge in [0, 0.05) is 60.3 Å². The number of fused-ring (bicyclic) bond motifs is 1. The van der Waals surface area contributed by atoms with E-state index in [1.165, 1.54) is 28.6 Å². The second kappa shape index (κ2) is 25.7. The number of nitrogens with one attached hydrogen (secondary N) is 4. The third-order valence-electron chi connectivity index (χ3n) is 12.6. The van der Waals surface area contributed by atoms with Crippen LogP contribution in [0, 0.1) is 5.92 Å². The number of aliphatic carboxylic acids is 1. The van der Waals surface area contributed by atoms with E-state index in [1.54, 1.807) is 0 Å². The fourth-order valence-corrected chi connectivity index (χ4v) is 10.3. The molecule has 0 saturated carbocycles. The van der Waals surface area contributed by atoms with Crippen LogP contribution in [0.15, 0.2) is 99.3 Å². The van der Waals surface area contributed by atoms with Crippen molar-refractivity contribution in [3.8, 4) is 0 Å². The SMILES string of the molecule is C/C(C(=O)O)=C(OCC=O)\C(Cl)=C(/C)c1cccc(NC(CCNC(C)C)CSCC2=CC=C3C=NCCC(c4ccc5c6c(cccc46)C(=O)N5NC(=O)CCCC=O)CCNCCC3C2)c1. The first kappa shape index (κ1) is 51.8. The third-order valence-corrected chi connectivity index (χ3v) is 14.3. The van der Waals surface area contributed by atoms with E-state index in [0.717, 1.165) is 91.6 Å². The Balaban J connectivity index is 1.10. The van der Waals surface area contributed by atoms with Gasteiger partial charge in [-0.3, -0.25) is 24.8 Å². The number of halogens is 1. The van der Waals surface area contributed by atoms with Gasteiger partial charge in [0.1, 0.15) is 18.7 Å². The molecule has 13 nitrogen and oxygen atoms in total. The van der Waals surface area contributed by atoms with Crippen LogP contribution in [0.2, 0.25) is 0 Å². The molecule has 2 aliphatic heterocycles. The number of carbonyl (C=O) groups is 5. The van der Waals surface area contributed by atoms with Crippen molar-refractivity contribution >= 4 is 87.7 Å². The molecule has 0 aromatic heterocycles. The summed E-state index contributed by atoms with van der Waals surface area (Å²) in [5, 5.41) is 24.0. The minimum Gasteiger partial charge on any atom is -0.484 e. The number of carboxylic acids is 1. The first-order chi connectivity index (χ1) is 32.9. The number of allylic oxidation sites excluding steroid dienone is 5. The number of aldehydes is 2. The maximum Gasteiger partial charge on any atom is 0.335 e. The zero-order valence-corrected chi connectivity index (χ0v) is 41.1. The summed E-state index contributed by atoms with van der Waals surface area (Å²) < 4.78 is 5.46. The molecule has 2 heterocycles. The van der Waals surface area contributed by atoms with Crippen LogP contribution in [0.25, 0.3) is 16.3 Å². The van der Waals surface area contributed by atoms with E-state index in [9.17, 15) is 29.1 Å². The number of aliphatic imine (C=N–C) groups is 1. The highest BCUT2D eigenvalue weighted by Crippen LogP contribution is 2.42. The highest BCUT2D eigenvalue weighted by molar-refractivity contribution is 7.99. The number of carbonyl (C=O) groups excluding carboxylic acids is 4. The Bertz CT molecular complexity index is 2480. The number of rotatable bonds is 22. The minimum absolute atomic E-state index is 0.0286. The summed E-state index contributed by atoms with van der Waals surface area (Å²) in [4.78, 5) is 64.7. The highest BCUT2D eigenvalue weighted by Gasteiger charge is 2.33. The summed E-state index contributed by atoms with van der Waals surface area (Å²) in [6.45, 7) is 10.5. The van der Waals surface area contributed by atoms with Crippen LogP contribution in [-0.4, -0.2) is 98.1 Å². The molecule has 2 amide bonds. The van der Waals surface area contributed by atoms with E-state index >= 15 is 0 Å². The zero-order chi connectivity index (χ0) is 48.6. The maximum absolute atomic E-state index is 13.5. The molecule has 0 fully saturated rings. The van der Waals surface area contributed by atoms with Gasteiger partial charge in [0.25, 0.3) is 5.91 Å². The summed E-state index contributed by atoms with van der Waals surface area (Å²) in [6.07, 6.45) is 13.5. The van der Waals surface area contributed by atoms with Crippen molar-refractivity contribution in [2.24, 2.45) is 10.9 Å². The predicted molar refractivity (Wildman–Crippen MR) is 276 cm³/mol. The summed E-state index contributed by atoms with van der Waals surface area (Å²) in [5.74, 6) is 0.642. The van der Waals surface area contributed by atoms with Gasteiger partial charge in [-0.1, -0.05) is 73.5 Å². The van der Waals surface area contributed by atoms with Gasteiger partial charge in [-0.05, 0) is 136 Å². The number of hydrogen-bond donors (Lipinski definition) is 5. The molecule has 5 N–H and O–H groups in total. The summed E-state index contributed by atoms with van der Waals surface area (Å²) in [6, 6.07) is 18.3. The molecule has 6 rings (SSSR count). The van der Waals surface area contributed by atoms with Gasteiger partial charge in [0.15, 0.2) is 6.29 Å². The van der Waals surface area contributed by atoms with Gasteiger partial charge in [-0.2, -0.15) is 11.8 Å². The Morgan fingerprint density at radius 1 is 1.03 bits per heavy atom.